The zero-order valence-electron chi connectivity index (χ0n) is 34.8. The maximum absolute atomic E-state index is 6.62. The fourth-order valence-corrected chi connectivity index (χ4v) is 10.2. The van der Waals surface area contributed by atoms with Crippen molar-refractivity contribution in [2.24, 2.45) is 0 Å². The lowest BCUT2D eigenvalue weighted by Crippen LogP contribution is -2.23. The van der Waals surface area contributed by atoms with Crippen LogP contribution in [0.2, 0.25) is 0 Å². The third kappa shape index (κ3) is 5.76. The minimum absolute atomic E-state index is 0.0547. The van der Waals surface area contributed by atoms with Gasteiger partial charge < -0.3 is 18.6 Å². The molecule has 0 amide bonds. The molecule has 0 N–H and O–H groups in total. The third-order valence-corrected chi connectivity index (χ3v) is 13.2. The van der Waals surface area contributed by atoms with Gasteiger partial charge in [0.1, 0.15) is 23.0 Å². The monoisotopic (exact) mass is 820 g/mol. The molecule has 11 aromatic rings. The van der Waals surface area contributed by atoms with E-state index in [9.17, 15) is 0 Å². The zero-order valence-corrected chi connectivity index (χ0v) is 34.8. The number of furan rings is 1. The van der Waals surface area contributed by atoms with Crippen LogP contribution in [0.3, 0.4) is 0 Å². The summed E-state index contributed by atoms with van der Waals surface area (Å²) in [5, 5.41) is 4.63. The average Bonchev–Trinajstić information content (AvgIpc) is 4.05. The number of benzene rings is 9. The van der Waals surface area contributed by atoms with Gasteiger partial charge in [0.2, 0.25) is 0 Å². The molecule has 64 heavy (non-hydrogen) atoms. The van der Waals surface area contributed by atoms with Crippen LogP contribution in [0.4, 0.5) is 17.1 Å². The van der Waals surface area contributed by atoms with Crippen LogP contribution in [0, 0.1) is 0 Å². The first-order valence-electron chi connectivity index (χ1n) is 22.0. The Morgan fingerprint density at radius 1 is 0.453 bits per heavy atom. The Balaban J connectivity index is 0.966. The Labute approximate surface area is 370 Å². The molecule has 2 aromatic heterocycles. The quantitative estimate of drug-likeness (QED) is 0.160. The van der Waals surface area contributed by atoms with Crippen LogP contribution in [0.25, 0.3) is 77.3 Å². The average molecular weight is 821 g/mol. The lowest BCUT2D eigenvalue weighted by molar-refractivity contribution is 0.258. The Hall–Kier alpha value is -8.34. The molecule has 1 aliphatic heterocycles. The van der Waals surface area contributed by atoms with E-state index >= 15 is 0 Å². The summed E-state index contributed by atoms with van der Waals surface area (Å²) >= 11 is 0. The van der Waals surface area contributed by atoms with E-state index in [1.807, 2.05) is 12.1 Å². The van der Waals surface area contributed by atoms with E-state index in [0.29, 0.717) is 0 Å². The van der Waals surface area contributed by atoms with Crippen molar-refractivity contribution >= 4 is 66.4 Å². The molecule has 0 saturated carbocycles. The molecule has 2 unspecified atom stereocenters. The molecule has 0 saturated heterocycles. The first kappa shape index (κ1) is 36.3. The van der Waals surface area contributed by atoms with E-state index in [1.165, 1.54) is 38.6 Å². The lowest BCUT2D eigenvalue weighted by Gasteiger charge is -2.28. The molecule has 4 heteroatoms. The van der Waals surface area contributed by atoms with E-state index in [0.717, 1.165) is 72.6 Å². The van der Waals surface area contributed by atoms with Crippen LogP contribution in [0.1, 0.15) is 17.0 Å². The SMILES string of the molecule is C1=CC(c2ccc(N(c3ccc(-c4ccccc4)cc3)c3ccc4c5ccccc5n(-c5ccccc5-c5cccc6c5oc5ccccc56)c4c3)cc2)C2Oc3ccccc3C2=C1. The van der Waals surface area contributed by atoms with Crippen molar-refractivity contribution < 1.29 is 9.15 Å². The molecular weight excluding hydrogens is 781 g/mol. The highest BCUT2D eigenvalue weighted by Gasteiger charge is 2.36. The number of allylic oxidation sites excluding steroid dienone is 2. The number of hydrogen-bond donors (Lipinski definition) is 0. The summed E-state index contributed by atoms with van der Waals surface area (Å²) in [5.74, 6) is 1.05. The fourth-order valence-electron chi connectivity index (χ4n) is 10.2. The highest BCUT2D eigenvalue weighted by Crippen LogP contribution is 2.47. The molecule has 0 fully saturated rings. The van der Waals surface area contributed by atoms with Crippen LogP contribution < -0.4 is 9.64 Å². The second-order valence-electron chi connectivity index (χ2n) is 16.8. The topological polar surface area (TPSA) is 30.5 Å². The summed E-state index contributed by atoms with van der Waals surface area (Å²) in [5.41, 5.74) is 16.5. The van der Waals surface area contributed by atoms with Crippen molar-refractivity contribution in [3.63, 3.8) is 0 Å². The van der Waals surface area contributed by atoms with E-state index in [1.54, 1.807) is 0 Å². The predicted molar refractivity (Wildman–Crippen MR) is 264 cm³/mol. The van der Waals surface area contributed by atoms with Crippen molar-refractivity contribution in [3.05, 3.63) is 242 Å². The van der Waals surface area contributed by atoms with Crippen molar-refractivity contribution in [1.29, 1.82) is 0 Å². The Kier molecular flexibility index (Phi) is 8.31. The van der Waals surface area contributed by atoms with Gasteiger partial charge in [0.05, 0.1) is 16.7 Å². The van der Waals surface area contributed by atoms with Gasteiger partial charge in [-0.2, -0.15) is 0 Å². The summed E-state index contributed by atoms with van der Waals surface area (Å²) in [6.07, 6.45) is 6.60. The van der Waals surface area contributed by atoms with Gasteiger partial charge in [-0.15, -0.1) is 0 Å². The predicted octanol–water partition coefficient (Wildman–Crippen LogP) is 16.0. The first-order chi connectivity index (χ1) is 31.7. The van der Waals surface area contributed by atoms with Gasteiger partial charge in [0.15, 0.2) is 0 Å². The van der Waals surface area contributed by atoms with Crippen molar-refractivity contribution in [2.75, 3.05) is 4.90 Å². The summed E-state index contributed by atoms with van der Waals surface area (Å²) in [7, 11) is 0. The maximum Gasteiger partial charge on any atom is 0.143 e. The largest absolute Gasteiger partial charge is 0.484 e. The number of para-hydroxylation sites is 5. The van der Waals surface area contributed by atoms with Crippen molar-refractivity contribution in [1.82, 2.24) is 4.57 Å². The lowest BCUT2D eigenvalue weighted by atomic mass is 9.84. The Morgan fingerprint density at radius 3 is 1.95 bits per heavy atom. The molecule has 3 heterocycles. The Morgan fingerprint density at radius 2 is 1.09 bits per heavy atom. The zero-order chi connectivity index (χ0) is 42.1. The van der Waals surface area contributed by atoms with Gasteiger partial charge in [-0.1, -0.05) is 170 Å². The van der Waals surface area contributed by atoms with Crippen molar-refractivity contribution in [3.8, 4) is 33.7 Å². The molecule has 0 spiro atoms. The third-order valence-electron chi connectivity index (χ3n) is 13.2. The Bertz CT molecular complexity index is 3650. The minimum Gasteiger partial charge on any atom is -0.484 e. The highest BCUT2D eigenvalue weighted by molar-refractivity contribution is 6.13. The van der Waals surface area contributed by atoms with Crippen LogP contribution in [0.5, 0.6) is 5.75 Å². The van der Waals surface area contributed by atoms with Gasteiger partial charge in [-0.25, -0.2) is 0 Å². The van der Waals surface area contributed by atoms with Crippen LogP contribution >= 0.6 is 0 Å². The summed E-state index contributed by atoms with van der Waals surface area (Å²) in [4.78, 5) is 2.38. The highest BCUT2D eigenvalue weighted by atomic mass is 16.5. The van der Waals surface area contributed by atoms with E-state index < -0.39 is 0 Å². The molecule has 2 aliphatic rings. The number of aromatic nitrogens is 1. The molecule has 4 nitrogen and oxygen atoms in total. The second kappa shape index (κ2) is 14.6. The summed E-state index contributed by atoms with van der Waals surface area (Å²) in [6.45, 7) is 0. The van der Waals surface area contributed by atoms with Gasteiger partial charge in [0, 0.05) is 66.8 Å². The molecule has 0 bridgehead atoms. The van der Waals surface area contributed by atoms with Gasteiger partial charge >= 0.3 is 0 Å². The smallest absolute Gasteiger partial charge is 0.143 e. The van der Waals surface area contributed by atoms with E-state index in [4.69, 9.17) is 9.15 Å². The second-order valence-corrected chi connectivity index (χ2v) is 16.8. The van der Waals surface area contributed by atoms with Crippen LogP contribution in [0.15, 0.2) is 235 Å². The number of rotatable bonds is 7. The molecule has 1 aliphatic carbocycles. The number of nitrogens with zero attached hydrogens (tertiary/aromatic N) is 2. The minimum atomic E-state index is -0.0547. The van der Waals surface area contributed by atoms with Gasteiger partial charge in [-0.3, -0.25) is 0 Å². The number of ether oxygens (including phenoxy) is 1. The number of anilines is 3. The van der Waals surface area contributed by atoms with Crippen LogP contribution in [-0.2, 0) is 0 Å². The van der Waals surface area contributed by atoms with Crippen LogP contribution in [-0.4, -0.2) is 10.7 Å². The van der Waals surface area contributed by atoms with Crippen molar-refractivity contribution in [2.45, 2.75) is 12.0 Å². The standard InChI is InChI=1S/C60H40N2O2/c1-2-14-39(15-3-1)40-28-32-42(33-29-40)61(43-34-30-41(31-35-43)45-20-12-22-52-49-18-6-10-26-57(49)63-59(45)52)44-36-37-48-46-16-4-8-24-54(46)62(56(48)38-44)55-25-9-5-17-47(55)51-21-13-23-53-50-19-7-11-27-58(50)64-60(51)53/h1-38,45,59H. The first-order valence-corrected chi connectivity index (χ1v) is 22.0. The molecule has 13 rings (SSSR count). The van der Waals surface area contributed by atoms with E-state index in [-0.39, 0.29) is 12.0 Å². The normalized spacial score (nSPS) is 15.3. The fraction of sp³-hybridized carbons (Fsp3) is 0.0333. The molecular formula is C60H40N2O2. The maximum atomic E-state index is 6.62. The molecule has 302 valence electrons. The molecule has 9 aromatic carbocycles. The summed E-state index contributed by atoms with van der Waals surface area (Å²) in [6, 6.07) is 76.2. The summed E-state index contributed by atoms with van der Waals surface area (Å²) < 4.78 is 15.6. The molecule has 0 radical (unpaired) electrons. The van der Waals surface area contributed by atoms with Gasteiger partial charge in [0.25, 0.3) is 0 Å². The van der Waals surface area contributed by atoms with Gasteiger partial charge in [-0.05, 0) is 77.4 Å². The number of fused-ring (bicyclic) bond motifs is 9. The van der Waals surface area contributed by atoms with E-state index in [2.05, 4.69) is 228 Å². The number of hydrogen-bond acceptors (Lipinski definition) is 3. The molecule has 2 atom stereocenters.